The summed E-state index contributed by atoms with van der Waals surface area (Å²) in [5.41, 5.74) is -0.408. The molecule has 1 saturated carbocycles. The van der Waals surface area contributed by atoms with E-state index in [9.17, 15) is 5.11 Å². The SMILES string of the molecule is Cn1c(Cl)cnc1CN1CC(O)(C2CC2)C1. The van der Waals surface area contributed by atoms with Crippen LogP contribution in [0, 0.1) is 5.92 Å². The first kappa shape index (κ1) is 10.6. The van der Waals surface area contributed by atoms with Gasteiger partial charge in [0, 0.05) is 20.1 Å². The molecule has 4 nitrogen and oxygen atoms in total. The maximum atomic E-state index is 10.2. The zero-order valence-corrected chi connectivity index (χ0v) is 10.1. The van der Waals surface area contributed by atoms with Gasteiger partial charge in [0.25, 0.3) is 0 Å². The summed E-state index contributed by atoms with van der Waals surface area (Å²) in [6, 6.07) is 0. The number of nitrogens with zero attached hydrogens (tertiary/aromatic N) is 3. The summed E-state index contributed by atoms with van der Waals surface area (Å²) in [6.45, 7) is 2.34. The number of hydrogen-bond acceptors (Lipinski definition) is 3. The third-order valence-electron chi connectivity index (χ3n) is 3.72. The van der Waals surface area contributed by atoms with Crippen molar-refractivity contribution in [3.63, 3.8) is 0 Å². The molecule has 2 heterocycles. The number of β-amino-alcohol motifs (C(OH)–C–C–N with tert-alkyl or cyclic N) is 1. The Morgan fingerprint density at radius 3 is 2.75 bits per heavy atom. The first-order valence-electron chi connectivity index (χ1n) is 5.69. The number of imidazole rings is 1. The van der Waals surface area contributed by atoms with E-state index in [0.29, 0.717) is 11.1 Å². The van der Waals surface area contributed by atoms with Gasteiger partial charge in [-0.05, 0) is 18.8 Å². The Balaban J connectivity index is 1.60. The van der Waals surface area contributed by atoms with E-state index in [-0.39, 0.29) is 0 Å². The standard InChI is InChI=1S/C11H16ClN3O/c1-14-9(12)4-13-10(14)5-15-6-11(16,7-15)8-2-3-8/h4,8,16H,2-3,5-7H2,1H3. The van der Waals surface area contributed by atoms with Crippen LogP contribution in [0.25, 0.3) is 0 Å². The lowest BCUT2D eigenvalue weighted by molar-refractivity contribution is -0.117. The number of rotatable bonds is 3. The largest absolute Gasteiger partial charge is 0.387 e. The molecule has 0 unspecified atom stereocenters. The highest BCUT2D eigenvalue weighted by atomic mass is 35.5. The lowest BCUT2D eigenvalue weighted by atomic mass is 9.89. The van der Waals surface area contributed by atoms with Crippen molar-refractivity contribution in [2.75, 3.05) is 13.1 Å². The van der Waals surface area contributed by atoms with Crippen molar-refractivity contribution in [2.45, 2.75) is 25.0 Å². The third-order valence-corrected chi connectivity index (χ3v) is 4.08. The number of hydrogen-bond donors (Lipinski definition) is 1. The topological polar surface area (TPSA) is 41.3 Å². The zero-order valence-electron chi connectivity index (χ0n) is 9.36. The van der Waals surface area contributed by atoms with E-state index in [1.165, 1.54) is 12.8 Å². The number of aliphatic hydroxyl groups is 1. The molecule has 0 spiro atoms. The smallest absolute Gasteiger partial charge is 0.128 e. The van der Waals surface area contributed by atoms with Gasteiger partial charge in [0.1, 0.15) is 11.0 Å². The Hall–Kier alpha value is -0.580. The van der Waals surface area contributed by atoms with Gasteiger partial charge in [-0.15, -0.1) is 0 Å². The van der Waals surface area contributed by atoms with Crippen LogP contribution in [0.4, 0.5) is 0 Å². The summed E-state index contributed by atoms with van der Waals surface area (Å²) < 4.78 is 1.88. The van der Waals surface area contributed by atoms with E-state index < -0.39 is 5.60 Å². The number of aromatic nitrogens is 2. The van der Waals surface area contributed by atoms with Gasteiger partial charge in [0.15, 0.2) is 0 Å². The lowest BCUT2D eigenvalue weighted by Gasteiger charge is -2.46. The second-order valence-corrected chi connectivity index (χ2v) is 5.47. The molecule has 1 aromatic rings. The molecule has 0 radical (unpaired) electrons. The molecule has 3 rings (SSSR count). The molecule has 0 amide bonds. The van der Waals surface area contributed by atoms with Gasteiger partial charge in [-0.25, -0.2) is 4.98 Å². The molecule has 2 fully saturated rings. The molecule has 1 aliphatic carbocycles. The molecule has 0 atom stereocenters. The summed E-state index contributed by atoms with van der Waals surface area (Å²) in [7, 11) is 1.91. The van der Waals surface area contributed by atoms with E-state index in [1.54, 1.807) is 6.20 Å². The van der Waals surface area contributed by atoms with Crippen molar-refractivity contribution in [1.82, 2.24) is 14.5 Å². The number of likely N-dealkylation sites (tertiary alicyclic amines) is 1. The van der Waals surface area contributed by atoms with Crippen molar-refractivity contribution in [3.05, 3.63) is 17.2 Å². The summed E-state index contributed by atoms with van der Waals surface area (Å²) in [6.07, 6.45) is 4.06. The van der Waals surface area contributed by atoms with Crippen molar-refractivity contribution in [1.29, 1.82) is 0 Å². The predicted molar refractivity (Wildman–Crippen MR) is 61.2 cm³/mol. The predicted octanol–water partition coefficient (Wildman–Crippen LogP) is 1.03. The van der Waals surface area contributed by atoms with E-state index >= 15 is 0 Å². The van der Waals surface area contributed by atoms with Crippen LogP contribution in [0.15, 0.2) is 6.20 Å². The van der Waals surface area contributed by atoms with Crippen molar-refractivity contribution >= 4 is 11.6 Å². The molecule has 0 aromatic carbocycles. The Labute approximate surface area is 99.8 Å². The maximum Gasteiger partial charge on any atom is 0.128 e. The number of halogens is 1. The van der Waals surface area contributed by atoms with E-state index in [4.69, 9.17) is 11.6 Å². The minimum atomic E-state index is -0.408. The highest BCUT2D eigenvalue weighted by molar-refractivity contribution is 6.29. The molecular formula is C11H16ClN3O. The first-order chi connectivity index (χ1) is 7.58. The van der Waals surface area contributed by atoms with Crippen LogP contribution in [0.3, 0.4) is 0 Å². The summed E-state index contributed by atoms with van der Waals surface area (Å²) in [5.74, 6) is 1.51. The minimum Gasteiger partial charge on any atom is -0.387 e. The molecule has 0 bridgehead atoms. The zero-order chi connectivity index (χ0) is 11.3. The van der Waals surface area contributed by atoms with Gasteiger partial charge in [-0.2, -0.15) is 0 Å². The summed E-state index contributed by atoms with van der Waals surface area (Å²) in [5, 5.41) is 10.8. The van der Waals surface area contributed by atoms with Gasteiger partial charge in [0.2, 0.25) is 0 Å². The van der Waals surface area contributed by atoms with Crippen molar-refractivity contribution in [3.8, 4) is 0 Å². The molecule has 2 aliphatic rings. The molecular weight excluding hydrogens is 226 g/mol. The Morgan fingerprint density at radius 2 is 2.25 bits per heavy atom. The molecule has 1 aliphatic heterocycles. The summed E-state index contributed by atoms with van der Waals surface area (Å²) in [4.78, 5) is 6.47. The molecule has 16 heavy (non-hydrogen) atoms. The third kappa shape index (κ3) is 1.65. The van der Waals surface area contributed by atoms with Crippen LogP contribution >= 0.6 is 11.6 Å². The van der Waals surface area contributed by atoms with E-state index in [1.807, 2.05) is 11.6 Å². The van der Waals surface area contributed by atoms with Crippen molar-refractivity contribution in [2.24, 2.45) is 13.0 Å². The van der Waals surface area contributed by atoms with Crippen LogP contribution in [0.1, 0.15) is 18.7 Å². The van der Waals surface area contributed by atoms with E-state index in [2.05, 4.69) is 9.88 Å². The van der Waals surface area contributed by atoms with Crippen LogP contribution in [0.5, 0.6) is 0 Å². The monoisotopic (exact) mass is 241 g/mol. The van der Waals surface area contributed by atoms with E-state index in [0.717, 1.165) is 25.5 Å². The Kier molecular flexibility index (Phi) is 2.28. The van der Waals surface area contributed by atoms with Gasteiger partial charge >= 0.3 is 0 Å². The fourth-order valence-electron chi connectivity index (χ4n) is 2.49. The Bertz CT molecular complexity index is 407. The average Bonchev–Trinajstić information content (AvgIpc) is 2.99. The second-order valence-electron chi connectivity index (χ2n) is 5.08. The first-order valence-corrected chi connectivity index (χ1v) is 6.07. The average molecular weight is 242 g/mol. The van der Waals surface area contributed by atoms with Crippen LogP contribution < -0.4 is 0 Å². The minimum absolute atomic E-state index is 0.408. The second kappa shape index (κ2) is 3.45. The molecule has 88 valence electrons. The molecule has 1 saturated heterocycles. The van der Waals surface area contributed by atoms with Gasteiger partial charge in [0.05, 0.1) is 18.3 Å². The molecule has 5 heteroatoms. The van der Waals surface area contributed by atoms with Crippen molar-refractivity contribution < 1.29 is 5.11 Å². The maximum absolute atomic E-state index is 10.2. The molecule has 1 aromatic heterocycles. The van der Waals surface area contributed by atoms with Crippen LogP contribution in [-0.4, -0.2) is 38.2 Å². The normalized spacial score (nSPS) is 24.4. The quantitative estimate of drug-likeness (QED) is 0.860. The Morgan fingerprint density at radius 1 is 1.56 bits per heavy atom. The fourth-order valence-corrected chi connectivity index (χ4v) is 2.64. The fraction of sp³-hybridized carbons (Fsp3) is 0.727. The van der Waals surface area contributed by atoms with Crippen LogP contribution in [-0.2, 0) is 13.6 Å². The van der Waals surface area contributed by atoms with Crippen LogP contribution in [0.2, 0.25) is 5.15 Å². The lowest BCUT2D eigenvalue weighted by Crippen LogP contribution is -2.62. The highest BCUT2D eigenvalue weighted by Gasteiger charge is 2.51. The highest BCUT2D eigenvalue weighted by Crippen LogP contribution is 2.44. The molecule has 1 N–H and O–H groups in total. The van der Waals surface area contributed by atoms with Gasteiger partial charge < -0.3 is 9.67 Å². The summed E-state index contributed by atoms with van der Waals surface area (Å²) >= 11 is 5.92. The van der Waals surface area contributed by atoms with Gasteiger partial charge in [-0.3, -0.25) is 4.90 Å². The van der Waals surface area contributed by atoms with Gasteiger partial charge in [-0.1, -0.05) is 11.6 Å².